The van der Waals surface area contributed by atoms with Gasteiger partial charge in [-0.15, -0.1) is 0 Å². The van der Waals surface area contributed by atoms with Crippen LogP contribution in [0.3, 0.4) is 0 Å². The van der Waals surface area contributed by atoms with Crippen LogP contribution in [0.15, 0.2) is 30.3 Å². The number of methoxy groups -OCH3 is 2. The molecule has 2 N–H and O–H groups in total. The van der Waals surface area contributed by atoms with Gasteiger partial charge >= 0.3 is 6.18 Å². The fourth-order valence-corrected chi connectivity index (χ4v) is 2.64. The molecule has 0 unspecified atom stereocenters. The molecule has 0 saturated carbocycles. The zero-order chi connectivity index (χ0) is 22.6. The number of nitro groups is 1. The van der Waals surface area contributed by atoms with Crippen LogP contribution in [0.1, 0.15) is 18.1 Å². The maximum absolute atomic E-state index is 12.8. The van der Waals surface area contributed by atoms with Gasteiger partial charge in [0.1, 0.15) is 11.7 Å². The van der Waals surface area contributed by atoms with Crippen LogP contribution in [0.25, 0.3) is 0 Å². The van der Waals surface area contributed by atoms with Gasteiger partial charge in [-0.05, 0) is 37.6 Å². The van der Waals surface area contributed by atoms with E-state index in [1.165, 1.54) is 21.1 Å². The number of hydrogen-bond donors (Lipinski definition) is 2. The lowest BCUT2D eigenvalue weighted by molar-refractivity contribution is -0.384. The summed E-state index contributed by atoms with van der Waals surface area (Å²) < 4.78 is 48.8. The van der Waals surface area contributed by atoms with Crippen LogP contribution in [-0.4, -0.2) is 31.1 Å². The Morgan fingerprint density at radius 1 is 1.10 bits per heavy atom. The molecule has 0 heterocycles. The molecule has 0 fully saturated rings. The number of amides is 1. The van der Waals surface area contributed by atoms with E-state index in [0.717, 1.165) is 6.07 Å². The fourth-order valence-electron chi connectivity index (χ4n) is 2.64. The van der Waals surface area contributed by atoms with E-state index in [9.17, 15) is 28.1 Å². The molecule has 0 bridgehead atoms. The summed E-state index contributed by atoms with van der Waals surface area (Å²) in [6.07, 6.45) is -4.72. The van der Waals surface area contributed by atoms with Crippen LogP contribution >= 0.6 is 0 Å². The molecule has 1 atom stereocenters. The number of halogens is 3. The van der Waals surface area contributed by atoms with Crippen LogP contribution in [-0.2, 0) is 11.0 Å². The van der Waals surface area contributed by atoms with Crippen LogP contribution < -0.4 is 20.1 Å². The van der Waals surface area contributed by atoms with E-state index in [4.69, 9.17) is 9.47 Å². The number of ether oxygens (including phenoxy) is 2. The Morgan fingerprint density at radius 2 is 1.70 bits per heavy atom. The highest BCUT2D eigenvalue weighted by atomic mass is 19.4. The number of alkyl halides is 3. The first-order chi connectivity index (χ1) is 14.0. The third-order valence-electron chi connectivity index (χ3n) is 4.28. The van der Waals surface area contributed by atoms with Crippen molar-refractivity contribution >= 4 is 23.0 Å². The van der Waals surface area contributed by atoms with E-state index in [1.807, 2.05) is 0 Å². The summed E-state index contributed by atoms with van der Waals surface area (Å²) in [5.74, 6) is 0.302. The maximum Gasteiger partial charge on any atom is 0.416 e. The zero-order valence-corrected chi connectivity index (χ0v) is 16.6. The van der Waals surface area contributed by atoms with Crippen molar-refractivity contribution in [3.8, 4) is 11.5 Å². The monoisotopic (exact) mass is 427 g/mol. The van der Waals surface area contributed by atoms with E-state index >= 15 is 0 Å². The number of carbonyl (C=O) groups is 1. The molecule has 0 aliphatic rings. The molecule has 0 saturated heterocycles. The number of benzene rings is 2. The van der Waals surface area contributed by atoms with Gasteiger partial charge in [-0.2, -0.15) is 13.2 Å². The molecule has 0 aromatic heterocycles. The van der Waals surface area contributed by atoms with Crippen LogP contribution in [0.5, 0.6) is 11.5 Å². The molecule has 2 rings (SSSR count). The van der Waals surface area contributed by atoms with Crippen LogP contribution in [0.2, 0.25) is 0 Å². The topological polar surface area (TPSA) is 103 Å². The molecule has 0 spiro atoms. The Balaban J connectivity index is 2.23. The predicted octanol–water partition coefficient (Wildman–Crippen LogP) is 4.38. The lowest BCUT2D eigenvalue weighted by Crippen LogP contribution is -2.32. The summed E-state index contributed by atoms with van der Waals surface area (Å²) in [5.41, 5.74) is -1.05. The number of rotatable bonds is 7. The molecule has 30 heavy (non-hydrogen) atoms. The Labute approximate surface area is 170 Å². The van der Waals surface area contributed by atoms with E-state index in [2.05, 4.69) is 10.6 Å². The molecule has 0 aliphatic heterocycles. The van der Waals surface area contributed by atoms with Crippen molar-refractivity contribution in [2.24, 2.45) is 0 Å². The SMILES string of the molecule is COc1cc(C)c(NC(=O)[C@H](C)Nc2ccc(C(F)(F)F)cc2[N+](=O)[O-])cc1OC. The van der Waals surface area contributed by atoms with E-state index in [-0.39, 0.29) is 5.69 Å². The standard InChI is InChI=1S/C19H20F3N3O5/c1-10-7-16(29-3)17(30-4)9-14(10)24-18(26)11(2)23-13-6-5-12(19(20,21)22)8-15(13)25(27)28/h5-9,11,23H,1-4H3,(H,24,26)/t11-/m0/s1. The van der Waals surface area contributed by atoms with Crippen LogP contribution in [0, 0.1) is 17.0 Å². The van der Waals surface area contributed by atoms with Crippen molar-refractivity contribution in [2.75, 3.05) is 24.9 Å². The smallest absolute Gasteiger partial charge is 0.416 e. The Bertz CT molecular complexity index is 963. The van der Waals surface area contributed by atoms with Gasteiger partial charge in [0.25, 0.3) is 5.69 Å². The van der Waals surface area contributed by atoms with Crippen molar-refractivity contribution in [3.63, 3.8) is 0 Å². The first-order valence-electron chi connectivity index (χ1n) is 8.63. The summed E-state index contributed by atoms with van der Waals surface area (Å²) in [6.45, 7) is 3.16. The average molecular weight is 427 g/mol. The molecule has 8 nitrogen and oxygen atoms in total. The zero-order valence-electron chi connectivity index (χ0n) is 16.6. The normalized spacial score (nSPS) is 12.1. The summed E-state index contributed by atoms with van der Waals surface area (Å²) in [4.78, 5) is 22.8. The Morgan fingerprint density at radius 3 is 2.23 bits per heavy atom. The van der Waals surface area contributed by atoms with Gasteiger partial charge in [-0.3, -0.25) is 14.9 Å². The summed E-state index contributed by atoms with van der Waals surface area (Å²) in [7, 11) is 2.91. The molecule has 162 valence electrons. The molecule has 1 amide bonds. The van der Waals surface area contributed by atoms with Crippen molar-refractivity contribution in [3.05, 3.63) is 51.6 Å². The quantitative estimate of drug-likeness (QED) is 0.502. The predicted molar refractivity (Wildman–Crippen MR) is 104 cm³/mol. The molecular formula is C19H20F3N3O5. The van der Waals surface area contributed by atoms with Gasteiger partial charge in [0, 0.05) is 17.8 Å². The summed E-state index contributed by atoms with van der Waals surface area (Å²) in [6, 6.07) is 4.27. The minimum atomic E-state index is -4.72. The van der Waals surface area contributed by atoms with Crippen molar-refractivity contribution in [2.45, 2.75) is 26.1 Å². The Hall–Kier alpha value is -3.50. The second-order valence-corrected chi connectivity index (χ2v) is 6.36. The van der Waals surface area contributed by atoms with Crippen molar-refractivity contribution in [1.29, 1.82) is 0 Å². The number of carbonyl (C=O) groups excluding carboxylic acids is 1. The molecule has 2 aromatic rings. The van der Waals surface area contributed by atoms with Crippen molar-refractivity contribution in [1.82, 2.24) is 0 Å². The number of anilines is 2. The van der Waals surface area contributed by atoms with E-state index in [0.29, 0.717) is 34.9 Å². The average Bonchev–Trinajstić information content (AvgIpc) is 2.68. The number of nitrogens with zero attached hydrogens (tertiary/aromatic N) is 1. The molecule has 0 aliphatic carbocycles. The first-order valence-corrected chi connectivity index (χ1v) is 8.63. The summed E-state index contributed by atoms with van der Waals surface area (Å²) >= 11 is 0. The van der Waals surface area contributed by atoms with Gasteiger partial charge in [-0.25, -0.2) is 0 Å². The first kappa shape index (κ1) is 22.8. The highest BCUT2D eigenvalue weighted by Crippen LogP contribution is 2.36. The third-order valence-corrected chi connectivity index (χ3v) is 4.28. The second-order valence-electron chi connectivity index (χ2n) is 6.36. The third kappa shape index (κ3) is 5.10. The van der Waals surface area contributed by atoms with Gasteiger partial charge in [0.05, 0.1) is 24.7 Å². The fraction of sp³-hybridized carbons (Fsp3) is 0.316. The van der Waals surface area contributed by atoms with Gasteiger partial charge in [0.15, 0.2) is 11.5 Å². The van der Waals surface area contributed by atoms with Gasteiger partial charge < -0.3 is 20.1 Å². The minimum absolute atomic E-state index is 0.209. The molecule has 0 radical (unpaired) electrons. The number of nitro benzene ring substituents is 1. The minimum Gasteiger partial charge on any atom is -0.493 e. The molecule has 2 aromatic carbocycles. The lowest BCUT2D eigenvalue weighted by atomic mass is 10.1. The van der Waals surface area contributed by atoms with E-state index in [1.54, 1.807) is 19.1 Å². The number of hydrogen-bond acceptors (Lipinski definition) is 6. The largest absolute Gasteiger partial charge is 0.493 e. The Kier molecular flexibility index (Phi) is 6.75. The maximum atomic E-state index is 12.8. The number of nitrogens with one attached hydrogen (secondary N) is 2. The van der Waals surface area contributed by atoms with Crippen LogP contribution in [0.4, 0.5) is 30.2 Å². The molecular weight excluding hydrogens is 407 g/mol. The highest BCUT2D eigenvalue weighted by Gasteiger charge is 2.33. The van der Waals surface area contributed by atoms with E-state index < -0.39 is 34.3 Å². The second kappa shape index (κ2) is 8.89. The van der Waals surface area contributed by atoms with Gasteiger partial charge in [0.2, 0.25) is 5.91 Å². The molecule has 11 heteroatoms. The highest BCUT2D eigenvalue weighted by molar-refractivity contribution is 5.97. The lowest BCUT2D eigenvalue weighted by Gasteiger charge is -2.18. The summed E-state index contributed by atoms with van der Waals surface area (Å²) in [5, 5.41) is 16.4. The van der Waals surface area contributed by atoms with Crippen molar-refractivity contribution < 1.29 is 32.4 Å². The van der Waals surface area contributed by atoms with Gasteiger partial charge in [-0.1, -0.05) is 0 Å². The number of aryl methyl sites for hydroxylation is 1.